The average Bonchev–Trinajstić information content (AvgIpc) is 1.55. The minimum absolute atomic E-state index is 0. The molecule has 19 rings (SSSR count). The van der Waals surface area contributed by atoms with E-state index in [0.29, 0.717) is 62.4 Å². The van der Waals surface area contributed by atoms with Gasteiger partial charge < -0.3 is 80.5 Å². The largest absolute Gasteiger partial charge is 0.469 e. The SMILES string of the molecule is C.C.C.C.C.C.C.C.C.C.C.C.CCC(C)(C)C(=O)OC1C2CC3C1OC(=O)C3(C)C2.CCC(C)(C)C(=O)OC1C2CC3C1OC(=O)C3C2C.CCC(C)(C)C(=O)OC1CC2CCC1C1COC(=O)C21.CCC(C)(C)C(=O)OCC(=O)OC1C2CC3C(=O)OC1C3C2.CCC(C)(C)C(=O)OCC(=O)OC1C2CC3C(=O)OC1C3O2.CCC(C)(C)C(=O)OCC(=O)OC1C2CC3C1OC(=O)C3C2C(=O)OC. The predicted molar refractivity (Wildman–Crippen MR) is 521 cm³/mol. The monoisotopic (exact) mass is 2000 g/mol. The summed E-state index contributed by atoms with van der Waals surface area (Å²) in [6, 6.07) is 0. The molecule has 8 aliphatic heterocycles. The van der Waals surface area contributed by atoms with Crippen LogP contribution < -0.4 is 0 Å². The van der Waals surface area contributed by atoms with E-state index in [1.54, 1.807) is 41.5 Å². The Balaban J connectivity index is 0.000000828. The van der Waals surface area contributed by atoms with E-state index in [2.05, 4.69) is 6.92 Å². The van der Waals surface area contributed by atoms with Crippen LogP contribution in [0.15, 0.2) is 0 Å². The minimum Gasteiger partial charge on any atom is -0.469 e. The summed E-state index contributed by atoms with van der Waals surface area (Å²) in [6.07, 6.45) is 7.98. The summed E-state index contributed by atoms with van der Waals surface area (Å²) in [6.45, 7) is 36.8. The van der Waals surface area contributed by atoms with Gasteiger partial charge in [0.1, 0.15) is 61.0 Å². The number of hydrogen-bond acceptors (Lipinski definition) is 33. The summed E-state index contributed by atoms with van der Waals surface area (Å²) in [7, 11) is 1.27. The quantitative estimate of drug-likeness (QED) is 0.0605. The second kappa shape index (κ2) is 48.9. The van der Waals surface area contributed by atoms with Gasteiger partial charge in [0, 0.05) is 59.2 Å². The molecule has 8 saturated heterocycles. The van der Waals surface area contributed by atoms with Gasteiger partial charge in [0.2, 0.25) is 0 Å². The summed E-state index contributed by atoms with van der Waals surface area (Å²) in [5, 5.41) is 0. The average molecular weight is 2000 g/mol. The van der Waals surface area contributed by atoms with Crippen LogP contribution in [0.25, 0.3) is 0 Å². The van der Waals surface area contributed by atoms with E-state index in [9.17, 15) is 76.7 Å². The van der Waals surface area contributed by atoms with Gasteiger partial charge in [-0.3, -0.25) is 62.3 Å². The van der Waals surface area contributed by atoms with Gasteiger partial charge >= 0.3 is 95.5 Å². The third-order valence-corrected chi connectivity index (χ3v) is 33.3. The zero-order valence-electron chi connectivity index (χ0n) is 78.0. The molecule has 33 heteroatoms. The zero-order chi connectivity index (χ0) is 93.8. The molecule has 808 valence electrons. The van der Waals surface area contributed by atoms with Gasteiger partial charge in [-0.2, -0.15) is 0 Å². The Morgan fingerprint density at radius 3 is 1.25 bits per heavy atom. The number of rotatable bonds is 25. The normalized spacial score (nSPS) is 34.9. The number of carbonyl (C=O) groups excluding carboxylic acids is 16. The van der Waals surface area contributed by atoms with E-state index >= 15 is 0 Å². The molecule has 12 bridgehead atoms. The highest BCUT2D eigenvalue weighted by atomic mass is 16.7. The van der Waals surface area contributed by atoms with Gasteiger partial charge in [-0.25, -0.2) is 14.4 Å². The fourth-order valence-electron chi connectivity index (χ4n) is 22.8. The van der Waals surface area contributed by atoms with Crippen LogP contribution in [0.5, 0.6) is 0 Å². The highest BCUT2D eigenvalue weighted by Crippen LogP contribution is 2.64. The summed E-state index contributed by atoms with van der Waals surface area (Å²) >= 11 is 0. The molecule has 0 radical (unpaired) electrons. The Hall–Kier alpha value is -8.52. The van der Waals surface area contributed by atoms with E-state index < -0.39 is 130 Å². The van der Waals surface area contributed by atoms with Crippen molar-refractivity contribution < 1.29 is 157 Å². The molecule has 33 nitrogen and oxygen atoms in total. The molecule has 8 heterocycles. The van der Waals surface area contributed by atoms with Crippen molar-refractivity contribution in [2.45, 2.75) is 410 Å². The van der Waals surface area contributed by atoms with E-state index in [1.165, 1.54) is 7.11 Å². The van der Waals surface area contributed by atoms with Crippen molar-refractivity contribution >= 4 is 95.5 Å². The van der Waals surface area contributed by atoms with Crippen LogP contribution >= 0.6 is 0 Å². The van der Waals surface area contributed by atoms with Gasteiger partial charge in [0.15, 0.2) is 32.0 Å². The maximum absolute atomic E-state index is 12.3. The summed E-state index contributed by atoms with van der Waals surface area (Å²) in [5.74, 6) is -4.34. The Bertz CT molecular complexity index is 4250. The van der Waals surface area contributed by atoms with E-state index in [4.69, 9.17) is 80.5 Å². The Morgan fingerprint density at radius 1 is 0.350 bits per heavy atom. The Morgan fingerprint density at radius 2 is 0.757 bits per heavy atom. The van der Waals surface area contributed by atoms with Crippen molar-refractivity contribution in [2.75, 3.05) is 33.5 Å². The van der Waals surface area contributed by atoms with Crippen molar-refractivity contribution in [2.24, 2.45) is 144 Å². The number of methoxy groups -OCH3 is 1. The van der Waals surface area contributed by atoms with Crippen molar-refractivity contribution in [1.82, 2.24) is 0 Å². The molecule has 11 aliphatic carbocycles. The second-order valence-electron chi connectivity index (χ2n) is 43.0. The third kappa shape index (κ3) is 24.2. The molecule has 0 aromatic heterocycles. The zero-order valence-corrected chi connectivity index (χ0v) is 78.0. The smallest absolute Gasteiger partial charge is 0.344 e. The molecule has 0 spiro atoms. The lowest BCUT2D eigenvalue weighted by Crippen LogP contribution is -2.50. The molecule has 0 amide bonds. The van der Waals surface area contributed by atoms with Gasteiger partial charge in [-0.05, 0) is 205 Å². The van der Waals surface area contributed by atoms with Crippen LogP contribution in [0, 0.1) is 144 Å². The summed E-state index contributed by atoms with van der Waals surface area (Å²) in [5.41, 5.74) is -3.60. The van der Waals surface area contributed by atoms with Crippen molar-refractivity contribution in [3.63, 3.8) is 0 Å². The van der Waals surface area contributed by atoms with E-state index in [0.717, 1.165) is 70.6 Å². The Kier molecular flexibility index (Phi) is 45.2. The number of fused-ring (bicyclic) bond motifs is 7. The second-order valence-corrected chi connectivity index (χ2v) is 43.0. The lowest BCUT2D eigenvalue weighted by atomic mass is 9.58. The first-order chi connectivity index (χ1) is 60.0. The summed E-state index contributed by atoms with van der Waals surface area (Å²) in [4.78, 5) is 191. The minimum atomic E-state index is -0.717. The fraction of sp³-hybridized carbons (Fsp3) is 0.850. The highest BCUT2D eigenvalue weighted by molar-refractivity contribution is 5.88. The van der Waals surface area contributed by atoms with Crippen LogP contribution in [0.3, 0.4) is 0 Å². The topological polar surface area (TPSA) is 430 Å². The number of hydrogen-bond donors (Lipinski definition) is 0. The molecule has 32 unspecified atom stereocenters. The van der Waals surface area contributed by atoms with Crippen LogP contribution in [-0.4, -0.2) is 208 Å². The first kappa shape index (κ1) is 129. The van der Waals surface area contributed by atoms with Crippen LogP contribution in [0.2, 0.25) is 0 Å². The molecular weight excluding hydrogens is 1810 g/mol. The molecule has 11 saturated carbocycles. The molecule has 0 aromatic carbocycles. The lowest BCUT2D eigenvalue weighted by Gasteiger charge is -2.47. The van der Waals surface area contributed by atoms with Crippen LogP contribution in [-0.2, 0) is 157 Å². The van der Waals surface area contributed by atoms with E-state index in [1.807, 2.05) is 90.0 Å². The molecule has 32 atom stereocenters. The Labute approximate surface area is 836 Å². The molecule has 0 aromatic rings. The predicted octanol–water partition coefficient (Wildman–Crippen LogP) is 17.6. The maximum atomic E-state index is 12.3. The molecule has 140 heavy (non-hydrogen) atoms. The van der Waals surface area contributed by atoms with Crippen LogP contribution in [0.1, 0.15) is 330 Å². The standard InChI is InChI=1S/C18H24O8.C16H22O6.C16H24O4.C15H20O7.2C15H22O4.12CH4/c1-5-18(2,3)17(22)24-7-10(19)25-13-8-6-9-12(11(8)15(20)23-4)16(21)26-14(9)13;1-4-16(2,3)15(19)20-7-11(17)21-12-8-5-9-10(6-8)14(18)22-13(9)12;1-4-16(2,3)15(18)20-12-7-9-5-6-10(12)11-8-19-14(17)13(9)11;1-4-15(2,3)14(18)19-6-9(16)21-11-8-5-7-10(20-8)12(11)22-13(7)17;1-5-14(2,3)12(16)18-10-8-6-9-11(10)19-13(17)15(9,4)7-8;1-5-15(3,4)14(17)19-11-8-6-9-10(7(8)2)13(16)18-12(9)11;;;;;;;;;;;;/h8-9,11-14H,5-7H2,1-4H3;8-10,12-13H,4-7H2,1-3H3;9-13H,4-8H2,1-3H3;7-8,10-12H,4-6H2,1-3H3;8-11H,5-7H2,1-4H3;7-12H,5-6H2,1-4H3;12*1H4. The van der Waals surface area contributed by atoms with Gasteiger partial charge in [-0.1, -0.05) is 138 Å². The highest BCUT2D eigenvalue weighted by Gasteiger charge is 2.73. The van der Waals surface area contributed by atoms with Gasteiger partial charge in [0.05, 0.1) is 93.2 Å². The van der Waals surface area contributed by atoms with Crippen molar-refractivity contribution in [3.8, 4) is 0 Å². The third-order valence-electron chi connectivity index (χ3n) is 33.3. The number of esters is 16. The molecular formula is C107H182O33. The maximum Gasteiger partial charge on any atom is 0.344 e. The molecule has 19 aliphatic rings. The van der Waals surface area contributed by atoms with Crippen molar-refractivity contribution in [3.05, 3.63) is 0 Å². The van der Waals surface area contributed by atoms with Gasteiger partial charge in [0.25, 0.3) is 0 Å². The molecule has 0 N–H and O–H groups in total. The number of ether oxygens (including phenoxy) is 17. The summed E-state index contributed by atoms with van der Waals surface area (Å²) < 4.78 is 91.0. The lowest BCUT2D eigenvalue weighted by molar-refractivity contribution is -0.174. The van der Waals surface area contributed by atoms with Gasteiger partial charge in [-0.15, -0.1) is 0 Å². The van der Waals surface area contributed by atoms with E-state index in [-0.39, 0.29) is 275 Å². The fourth-order valence-corrected chi connectivity index (χ4v) is 22.8. The first-order valence-electron chi connectivity index (χ1n) is 46.6. The van der Waals surface area contributed by atoms with Crippen LogP contribution in [0.4, 0.5) is 0 Å². The van der Waals surface area contributed by atoms with Crippen molar-refractivity contribution in [1.29, 1.82) is 0 Å². The number of carbonyl (C=O) groups is 16. The molecule has 19 fully saturated rings. The number of cyclic esters (lactones) is 1. The first-order valence-corrected chi connectivity index (χ1v) is 46.6.